The second-order valence-corrected chi connectivity index (χ2v) is 5.65. The van der Waals surface area contributed by atoms with Crippen molar-refractivity contribution in [2.24, 2.45) is 11.8 Å². The minimum Gasteiger partial charge on any atom is -0.383 e. The van der Waals surface area contributed by atoms with Crippen molar-refractivity contribution in [3.63, 3.8) is 0 Å². The van der Waals surface area contributed by atoms with Crippen molar-refractivity contribution in [2.75, 3.05) is 11.1 Å². The van der Waals surface area contributed by atoms with Crippen molar-refractivity contribution in [3.05, 3.63) is 11.4 Å². The Morgan fingerprint density at radius 2 is 1.89 bits per heavy atom. The van der Waals surface area contributed by atoms with E-state index in [9.17, 15) is 0 Å². The molecule has 1 saturated carbocycles. The van der Waals surface area contributed by atoms with Crippen molar-refractivity contribution in [1.82, 2.24) is 9.97 Å². The highest BCUT2D eigenvalue weighted by Gasteiger charge is 2.27. The normalized spacial score (nSPS) is 28.1. The second kappa shape index (κ2) is 5.12. The highest BCUT2D eigenvalue weighted by atomic mass is 15.1. The van der Waals surface area contributed by atoms with E-state index in [-0.39, 0.29) is 0 Å². The Bertz CT molecular complexity index is 430. The van der Waals surface area contributed by atoms with Gasteiger partial charge in [0.2, 0.25) is 0 Å². The highest BCUT2D eigenvalue weighted by Crippen LogP contribution is 2.32. The van der Waals surface area contributed by atoms with Gasteiger partial charge in [0.15, 0.2) is 0 Å². The fourth-order valence-corrected chi connectivity index (χ4v) is 2.75. The van der Waals surface area contributed by atoms with Crippen LogP contribution in [0.5, 0.6) is 0 Å². The molecule has 0 bridgehead atoms. The third-order valence-electron chi connectivity index (χ3n) is 4.32. The standard InChI is InChI=1S/C14H24N4/c1-8-6-5-7-12(9(8)2)18-14-10(3)13(15)16-11(4)17-14/h8-9,12H,5-7H2,1-4H3,(H3,15,16,17,18). The first-order valence-corrected chi connectivity index (χ1v) is 6.86. The Hall–Kier alpha value is -1.32. The molecule has 4 nitrogen and oxygen atoms in total. The van der Waals surface area contributed by atoms with Gasteiger partial charge in [0.1, 0.15) is 17.5 Å². The van der Waals surface area contributed by atoms with E-state index in [2.05, 4.69) is 29.1 Å². The van der Waals surface area contributed by atoms with Gasteiger partial charge in [-0.2, -0.15) is 0 Å². The monoisotopic (exact) mass is 248 g/mol. The summed E-state index contributed by atoms with van der Waals surface area (Å²) in [5, 5.41) is 3.58. The van der Waals surface area contributed by atoms with Gasteiger partial charge in [-0.25, -0.2) is 9.97 Å². The predicted octanol–water partition coefficient (Wildman–Crippen LogP) is 2.91. The largest absolute Gasteiger partial charge is 0.383 e. The zero-order valence-electron chi connectivity index (χ0n) is 11.8. The van der Waals surface area contributed by atoms with Crippen LogP contribution in [0.15, 0.2) is 0 Å². The van der Waals surface area contributed by atoms with E-state index in [1.54, 1.807) is 0 Å². The van der Waals surface area contributed by atoms with Crippen LogP contribution in [-0.4, -0.2) is 16.0 Å². The molecule has 0 aromatic carbocycles. The maximum absolute atomic E-state index is 5.90. The molecule has 0 saturated heterocycles. The van der Waals surface area contributed by atoms with Crippen molar-refractivity contribution < 1.29 is 0 Å². The molecule has 3 atom stereocenters. The minimum absolute atomic E-state index is 0.501. The summed E-state index contributed by atoms with van der Waals surface area (Å²) in [5.74, 6) is 3.68. The topological polar surface area (TPSA) is 63.8 Å². The van der Waals surface area contributed by atoms with Crippen molar-refractivity contribution in [3.8, 4) is 0 Å². The first-order valence-electron chi connectivity index (χ1n) is 6.86. The lowest BCUT2D eigenvalue weighted by atomic mass is 9.78. The van der Waals surface area contributed by atoms with Gasteiger partial charge in [0, 0.05) is 11.6 Å². The molecule has 1 aromatic rings. The molecule has 100 valence electrons. The van der Waals surface area contributed by atoms with Crippen LogP contribution in [0.3, 0.4) is 0 Å². The molecule has 18 heavy (non-hydrogen) atoms. The molecule has 0 amide bonds. The molecule has 0 spiro atoms. The van der Waals surface area contributed by atoms with Crippen molar-refractivity contribution in [2.45, 2.75) is 53.0 Å². The van der Waals surface area contributed by atoms with Gasteiger partial charge in [-0.3, -0.25) is 0 Å². The van der Waals surface area contributed by atoms with E-state index in [0.717, 1.165) is 23.1 Å². The molecule has 0 aliphatic heterocycles. The predicted molar refractivity (Wildman–Crippen MR) is 75.5 cm³/mol. The summed E-state index contributed by atoms with van der Waals surface area (Å²) < 4.78 is 0. The SMILES string of the molecule is Cc1nc(N)c(C)c(NC2CCCC(C)C2C)n1. The van der Waals surface area contributed by atoms with Gasteiger partial charge in [-0.1, -0.05) is 26.7 Å². The molecular weight excluding hydrogens is 224 g/mol. The van der Waals surface area contributed by atoms with Gasteiger partial charge in [0.25, 0.3) is 0 Å². The highest BCUT2D eigenvalue weighted by molar-refractivity contribution is 5.55. The third kappa shape index (κ3) is 2.57. The lowest BCUT2D eigenvalue weighted by molar-refractivity contribution is 0.253. The molecule has 4 heteroatoms. The molecular formula is C14H24N4. The fraction of sp³-hybridized carbons (Fsp3) is 0.714. The van der Waals surface area contributed by atoms with Crippen LogP contribution in [0.2, 0.25) is 0 Å². The van der Waals surface area contributed by atoms with Gasteiger partial charge >= 0.3 is 0 Å². The lowest BCUT2D eigenvalue weighted by Gasteiger charge is -2.35. The number of aryl methyl sites for hydroxylation is 1. The molecule has 1 fully saturated rings. The summed E-state index contributed by atoms with van der Waals surface area (Å²) in [5.41, 5.74) is 6.86. The summed E-state index contributed by atoms with van der Waals surface area (Å²) in [6.07, 6.45) is 3.85. The Morgan fingerprint density at radius 3 is 2.61 bits per heavy atom. The Kier molecular flexibility index (Phi) is 3.73. The fourth-order valence-electron chi connectivity index (χ4n) is 2.75. The number of aromatic nitrogens is 2. The summed E-state index contributed by atoms with van der Waals surface area (Å²) in [6, 6.07) is 0.501. The number of nitrogens with two attached hydrogens (primary N) is 1. The maximum atomic E-state index is 5.90. The molecule has 0 radical (unpaired) electrons. The third-order valence-corrected chi connectivity index (χ3v) is 4.32. The average molecular weight is 248 g/mol. The summed E-state index contributed by atoms with van der Waals surface area (Å²) in [7, 11) is 0. The number of hydrogen-bond acceptors (Lipinski definition) is 4. The Labute approximate surface area is 109 Å². The van der Waals surface area contributed by atoms with E-state index in [0.29, 0.717) is 17.8 Å². The molecule has 3 unspecified atom stereocenters. The van der Waals surface area contributed by atoms with Crippen LogP contribution in [0, 0.1) is 25.7 Å². The van der Waals surface area contributed by atoms with Crippen LogP contribution in [0.1, 0.15) is 44.5 Å². The second-order valence-electron chi connectivity index (χ2n) is 5.65. The van der Waals surface area contributed by atoms with E-state index in [1.807, 2.05) is 13.8 Å². The Balaban J connectivity index is 2.18. The van der Waals surface area contributed by atoms with Crippen molar-refractivity contribution in [1.29, 1.82) is 0 Å². The van der Waals surface area contributed by atoms with E-state index in [1.165, 1.54) is 19.3 Å². The molecule has 1 aliphatic carbocycles. The number of rotatable bonds is 2. The molecule has 1 heterocycles. The Morgan fingerprint density at radius 1 is 1.17 bits per heavy atom. The van der Waals surface area contributed by atoms with E-state index in [4.69, 9.17) is 5.73 Å². The van der Waals surface area contributed by atoms with Crippen LogP contribution < -0.4 is 11.1 Å². The lowest BCUT2D eigenvalue weighted by Crippen LogP contribution is -2.35. The number of nitrogen functional groups attached to an aromatic ring is 1. The average Bonchev–Trinajstić information content (AvgIpc) is 2.31. The van der Waals surface area contributed by atoms with Gasteiger partial charge in [0.05, 0.1) is 0 Å². The number of anilines is 2. The van der Waals surface area contributed by atoms with Crippen LogP contribution >= 0.6 is 0 Å². The summed E-state index contributed by atoms with van der Waals surface area (Å²) in [6.45, 7) is 8.53. The first-order chi connectivity index (χ1) is 8.49. The molecule has 3 N–H and O–H groups in total. The van der Waals surface area contributed by atoms with Crippen LogP contribution in [0.4, 0.5) is 11.6 Å². The summed E-state index contributed by atoms with van der Waals surface area (Å²) >= 11 is 0. The quantitative estimate of drug-likeness (QED) is 0.844. The maximum Gasteiger partial charge on any atom is 0.134 e. The zero-order valence-corrected chi connectivity index (χ0v) is 11.8. The molecule has 2 rings (SSSR count). The van der Waals surface area contributed by atoms with E-state index < -0.39 is 0 Å². The minimum atomic E-state index is 0.501. The summed E-state index contributed by atoms with van der Waals surface area (Å²) in [4.78, 5) is 8.67. The molecule has 1 aliphatic rings. The first kappa shape index (κ1) is 13.1. The van der Waals surface area contributed by atoms with Crippen LogP contribution in [-0.2, 0) is 0 Å². The number of nitrogens with zero attached hydrogens (tertiary/aromatic N) is 2. The van der Waals surface area contributed by atoms with Crippen LogP contribution in [0.25, 0.3) is 0 Å². The smallest absolute Gasteiger partial charge is 0.134 e. The van der Waals surface area contributed by atoms with Gasteiger partial charge < -0.3 is 11.1 Å². The van der Waals surface area contributed by atoms with Gasteiger partial charge in [-0.05, 0) is 32.1 Å². The van der Waals surface area contributed by atoms with E-state index >= 15 is 0 Å². The van der Waals surface area contributed by atoms with Gasteiger partial charge in [-0.15, -0.1) is 0 Å². The number of hydrogen-bond donors (Lipinski definition) is 2. The molecule has 1 aromatic heterocycles. The number of nitrogens with one attached hydrogen (secondary N) is 1. The zero-order chi connectivity index (χ0) is 13.3. The van der Waals surface area contributed by atoms with Crippen molar-refractivity contribution >= 4 is 11.6 Å².